The van der Waals surface area contributed by atoms with Gasteiger partial charge < -0.3 is 24.2 Å². The number of nitrogens with one attached hydrogen (secondary N) is 2. The number of likely N-dealkylation sites (N-methyl/N-ethyl adjacent to an activating group) is 1. The first-order chi connectivity index (χ1) is 18.4. The molecule has 4 atom stereocenters. The van der Waals surface area contributed by atoms with E-state index in [0.717, 1.165) is 0 Å². The number of nitrogens with zero attached hydrogens (tertiary/aromatic N) is 3. The summed E-state index contributed by atoms with van der Waals surface area (Å²) >= 11 is 0. The molecule has 13 nitrogen and oxygen atoms in total. The number of hydrogen-bond donors (Lipinski definition) is 2. The van der Waals surface area contributed by atoms with Crippen LogP contribution < -0.4 is 20.6 Å². The van der Waals surface area contributed by atoms with Gasteiger partial charge in [-0.3, -0.25) is 18.7 Å². The van der Waals surface area contributed by atoms with Gasteiger partial charge in [-0.05, 0) is 52.6 Å². The molecule has 1 amide bonds. The zero-order valence-electron chi connectivity index (χ0n) is 22.7. The van der Waals surface area contributed by atoms with Crippen molar-refractivity contribution in [2.75, 3.05) is 39.1 Å². The number of ether oxygens (including phenoxy) is 2. The quantitative estimate of drug-likeness (QED) is 0.272. The van der Waals surface area contributed by atoms with E-state index in [1.807, 2.05) is 6.92 Å². The molecule has 0 saturated carbocycles. The number of para-hydroxylation sites is 1. The molecule has 1 aromatic carbocycles. The van der Waals surface area contributed by atoms with E-state index in [-0.39, 0.29) is 43.4 Å². The minimum atomic E-state index is -4.00. The van der Waals surface area contributed by atoms with Crippen LogP contribution in [0.2, 0.25) is 0 Å². The third-order valence-corrected chi connectivity index (χ3v) is 6.95. The zero-order chi connectivity index (χ0) is 28.6. The smallest absolute Gasteiger partial charge is 0.459 e. The standard InChI is InChI=1S/C25H36N5O8P/c1-17(2)36-23(32)14-26-39(34,38-19-9-7-6-8-10-19)35-16-20-13-18(3)24(37-20)30-12-11-21(28-25(30)33)27-22(31)15-29(4)5/h6-12,17-18,20,24H,13-16H2,1-5H3,(H,26,34)(H,27,28,31,33)/t18-,20?,24?,39?/m0/s1. The summed E-state index contributed by atoms with van der Waals surface area (Å²) in [6.45, 7) is 4.96. The Hall–Kier alpha value is -3.09. The molecular formula is C25H36N5O8P. The molecule has 0 radical (unpaired) electrons. The first kappa shape index (κ1) is 30.5. The van der Waals surface area contributed by atoms with Gasteiger partial charge in [0.15, 0.2) is 0 Å². The van der Waals surface area contributed by atoms with Crippen LogP contribution in [-0.4, -0.2) is 72.3 Å². The summed E-state index contributed by atoms with van der Waals surface area (Å²) in [6, 6.07) is 9.95. The van der Waals surface area contributed by atoms with Crippen molar-refractivity contribution in [1.29, 1.82) is 0 Å². The number of benzene rings is 1. The molecule has 0 aliphatic carbocycles. The molecule has 39 heavy (non-hydrogen) atoms. The molecule has 2 heterocycles. The van der Waals surface area contributed by atoms with E-state index in [4.69, 9.17) is 18.5 Å². The number of anilines is 1. The number of rotatable bonds is 13. The molecule has 2 aromatic rings. The van der Waals surface area contributed by atoms with Gasteiger partial charge in [0.05, 0.1) is 25.4 Å². The largest absolute Gasteiger partial charge is 0.462 e. The van der Waals surface area contributed by atoms with Crippen LogP contribution in [0.5, 0.6) is 5.75 Å². The van der Waals surface area contributed by atoms with Crippen molar-refractivity contribution >= 4 is 25.4 Å². The fraction of sp³-hybridized carbons (Fsp3) is 0.520. The maximum Gasteiger partial charge on any atom is 0.459 e. The average molecular weight is 566 g/mol. The Kier molecular flexibility index (Phi) is 10.8. The van der Waals surface area contributed by atoms with Crippen LogP contribution in [0.15, 0.2) is 47.4 Å². The first-order valence-corrected chi connectivity index (χ1v) is 14.1. The van der Waals surface area contributed by atoms with Crippen LogP contribution >= 0.6 is 7.75 Å². The molecule has 3 rings (SSSR count). The van der Waals surface area contributed by atoms with Crippen molar-refractivity contribution in [3.63, 3.8) is 0 Å². The summed E-state index contributed by atoms with van der Waals surface area (Å²) in [7, 11) is -0.483. The van der Waals surface area contributed by atoms with Crippen LogP contribution in [-0.2, 0) is 28.2 Å². The predicted octanol–water partition coefficient (Wildman–Crippen LogP) is 2.41. The first-order valence-electron chi connectivity index (χ1n) is 12.6. The molecule has 0 bridgehead atoms. The molecular weight excluding hydrogens is 529 g/mol. The van der Waals surface area contributed by atoms with Gasteiger partial charge >= 0.3 is 19.4 Å². The van der Waals surface area contributed by atoms with E-state index in [1.165, 1.54) is 16.8 Å². The van der Waals surface area contributed by atoms with Crippen molar-refractivity contribution < 1.29 is 32.7 Å². The molecule has 1 aromatic heterocycles. The van der Waals surface area contributed by atoms with Crippen molar-refractivity contribution in [2.45, 2.75) is 45.6 Å². The van der Waals surface area contributed by atoms with Crippen molar-refractivity contribution in [3.05, 3.63) is 53.1 Å². The Balaban J connectivity index is 1.64. The summed E-state index contributed by atoms with van der Waals surface area (Å²) in [5.74, 6) is -0.560. The van der Waals surface area contributed by atoms with Crippen LogP contribution in [0, 0.1) is 5.92 Å². The van der Waals surface area contributed by atoms with E-state index in [1.54, 1.807) is 63.2 Å². The van der Waals surface area contributed by atoms with Crippen molar-refractivity contribution in [3.8, 4) is 5.75 Å². The lowest BCUT2D eigenvalue weighted by atomic mass is 10.1. The molecule has 214 valence electrons. The third-order valence-electron chi connectivity index (χ3n) is 5.47. The highest BCUT2D eigenvalue weighted by Crippen LogP contribution is 2.45. The second-order valence-corrected chi connectivity index (χ2v) is 11.5. The highest BCUT2D eigenvalue weighted by atomic mass is 31.2. The Labute approximate surface area is 227 Å². The van der Waals surface area contributed by atoms with Crippen LogP contribution in [0.1, 0.15) is 33.4 Å². The number of hydrogen-bond acceptors (Lipinski definition) is 10. The molecule has 3 unspecified atom stereocenters. The van der Waals surface area contributed by atoms with E-state index in [0.29, 0.717) is 12.2 Å². The van der Waals surface area contributed by atoms with Gasteiger partial charge in [-0.2, -0.15) is 4.98 Å². The average Bonchev–Trinajstić information content (AvgIpc) is 3.21. The lowest BCUT2D eigenvalue weighted by molar-refractivity contribution is -0.146. The van der Waals surface area contributed by atoms with E-state index in [2.05, 4.69) is 15.4 Å². The van der Waals surface area contributed by atoms with E-state index in [9.17, 15) is 18.9 Å². The van der Waals surface area contributed by atoms with Crippen LogP contribution in [0.25, 0.3) is 0 Å². The molecule has 0 spiro atoms. The van der Waals surface area contributed by atoms with Gasteiger partial charge in [0, 0.05) is 12.1 Å². The normalized spacial score (nSPS) is 20.5. The van der Waals surface area contributed by atoms with Crippen LogP contribution in [0.3, 0.4) is 0 Å². The maximum atomic E-state index is 13.5. The van der Waals surface area contributed by atoms with Gasteiger partial charge in [-0.1, -0.05) is 25.1 Å². The summed E-state index contributed by atoms with van der Waals surface area (Å²) in [5.41, 5.74) is -0.584. The van der Waals surface area contributed by atoms with Crippen LogP contribution in [0.4, 0.5) is 5.82 Å². The zero-order valence-corrected chi connectivity index (χ0v) is 23.6. The Morgan fingerprint density at radius 1 is 1.23 bits per heavy atom. The Bertz CT molecular complexity index is 1220. The number of carbonyl (C=O) groups excluding carboxylic acids is 2. The summed E-state index contributed by atoms with van der Waals surface area (Å²) in [4.78, 5) is 42.3. The fourth-order valence-corrected chi connectivity index (χ4v) is 5.18. The predicted molar refractivity (Wildman–Crippen MR) is 143 cm³/mol. The van der Waals surface area contributed by atoms with Crippen molar-refractivity contribution in [2.24, 2.45) is 5.92 Å². The number of carbonyl (C=O) groups is 2. The molecule has 2 N–H and O–H groups in total. The van der Waals surface area contributed by atoms with Gasteiger partial charge in [-0.25, -0.2) is 14.4 Å². The second kappa shape index (κ2) is 13.8. The van der Waals surface area contributed by atoms with E-state index >= 15 is 0 Å². The number of aromatic nitrogens is 2. The lowest BCUT2D eigenvalue weighted by Crippen LogP contribution is -2.32. The van der Waals surface area contributed by atoms with E-state index < -0.39 is 31.7 Å². The number of esters is 1. The Morgan fingerprint density at radius 3 is 2.59 bits per heavy atom. The summed E-state index contributed by atoms with van der Waals surface area (Å²) in [5, 5.41) is 5.14. The minimum absolute atomic E-state index is 0.101. The lowest BCUT2D eigenvalue weighted by Gasteiger charge is -2.22. The molecule has 1 aliphatic heterocycles. The number of amides is 1. The topological polar surface area (TPSA) is 150 Å². The monoisotopic (exact) mass is 565 g/mol. The highest BCUT2D eigenvalue weighted by Gasteiger charge is 2.37. The minimum Gasteiger partial charge on any atom is -0.462 e. The molecule has 1 fully saturated rings. The Morgan fingerprint density at radius 2 is 1.95 bits per heavy atom. The van der Waals surface area contributed by atoms with Gasteiger partial charge in [0.2, 0.25) is 5.91 Å². The third kappa shape index (κ3) is 9.55. The van der Waals surface area contributed by atoms with Gasteiger partial charge in [0.1, 0.15) is 24.3 Å². The highest BCUT2D eigenvalue weighted by molar-refractivity contribution is 7.52. The molecule has 14 heteroatoms. The molecule has 1 aliphatic rings. The van der Waals surface area contributed by atoms with Gasteiger partial charge in [0.25, 0.3) is 0 Å². The molecule has 1 saturated heterocycles. The maximum absolute atomic E-state index is 13.5. The van der Waals surface area contributed by atoms with Gasteiger partial charge in [-0.15, -0.1) is 0 Å². The summed E-state index contributed by atoms with van der Waals surface area (Å²) in [6.07, 6.45) is 0.512. The fourth-order valence-electron chi connectivity index (χ4n) is 3.88. The summed E-state index contributed by atoms with van der Waals surface area (Å²) < 4.78 is 37.2. The SMILES string of the molecule is CC(C)OC(=O)CNP(=O)(OCC1C[C@H](C)C(n2ccc(NC(=O)CN(C)C)nc2=O)O1)Oc1ccccc1. The van der Waals surface area contributed by atoms with Crippen molar-refractivity contribution in [1.82, 2.24) is 19.5 Å². The second-order valence-electron chi connectivity index (χ2n) is 9.72.